The first kappa shape index (κ1) is 36.2. The van der Waals surface area contributed by atoms with Gasteiger partial charge in [0, 0.05) is 19.5 Å². The van der Waals surface area contributed by atoms with E-state index in [0.29, 0.717) is 18.6 Å². The molecule has 40 heavy (non-hydrogen) atoms. The molecule has 0 aromatic carbocycles. The molecule has 0 saturated heterocycles. The van der Waals surface area contributed by atoms with Crippen molar-refractivity contribution in [3.8, 4) is 0 Å². The number of carboxylic acid groups (broad SMARTS) is 1. The van der Waals surface area contributed by atoms with Crippen LogP contribution in [0.1, 0.15) is 44.9 Å². The van der Waals surface area contributed by atoms with Crippen LogP contribution < -0.4 is 49.5 Å². The van der Waals surface area contributed by atoms with Gasteiger partial charge in [-0.05, 0) is 50.5 Å². The lowest BCUT2D eigenvalue weighted by molar-refractivity contribution is -0.142. The van der Waals surface area contributed by atoms with E-state index in [4.69, 9.17) is 33.8 Å². The molecule has 0 heterocycles. The second kappa shape index (κ2) is 20.2. The summed E-state index contributed by atoms with van der Waals surface area (Å²) in [5.74, 6) is -4.14. The van der Waals surface area contributed by atoms with E-state index in [2.05, 4.69) is 26.6 Å². The van der Waals surface area contributed by atoms with E-state index >= 15 is 0 Å². The number of hydrogen-bond donors (Lipinski definition) is 12. The number of aliphatic carboxylic acids is 1. The molecule has 16 N–H and O–H groups in total. The molecule has 0 saturated carbocycles. The van der Waals surface area contributed by atoms with Gasteiger partial charge in [-0.1, -0.05) is 0 Å². The number of nitrogens with two attached hydrogens (primary N) is 4. The van der Waals surface area contributed by atoms with Crippen molar-refractivity contribution < 1.29 is 29.1 Å². The molecule has 0 rings (SSSR count). The zero-order valence-corrected chi connectivity index (χ0v) is 23.4. The number of carbonyl (C=O) groups excluding carboxylic acids is 4. The van der Waals surface area contributed by atoms with E-state index in [1.54, 1.807) is 0 Å². The molecule has 0 aromatic rings. The quantitative estimate of drug-likeness (QED) is 0.0351. The number of carboxylic acids is 1. The summed E-state index contributed by atoms with van der Waals surface area (Å²) in [6, 6.07) is -4.62. The molecule has 4 atom stereocenters. The molecular weight excluding hydrogens is 546 g/mol. The highest BCUT2D eigenvalue weighted by atomic mass is 32.2. The minimum atomic E-state index is -1.43. The van der Waals surface area contributed by atoms with Gasteiger partial charge in [0.05, 0.1) is 6.04 Å². The van der Waals surface area contributed by atoms with Crippen LogP contribution in [0.25, 0.3) is 0 Å². The summed E-state index contributed by atoms with van der Waals surface area (Å²) in [6.07, 6.45) is 2.44. The maximum Gasteiger partial charge on any atom is 0.326 e. The smallest absolute Gasteiger partial charge is 0.326 e. The first-order chi connectivity index (χ1) is 18.8. The summed E-state index contributed by atoms with van der Waals surface area (Å²) < 4.78 is 0. The molecule has 228 valence electrons. The first-order valence-corrected chi connectivity index (χ1v) is 14.0. The van der Waals surface area contributed by atoms with Gasteiger partial charge in [-0.3, -0.25) is 30.0 Å². The number of rotatable bonds is 21. The van der Waals surface area contributed by atoms with Gasteiger partial charge in [0.15, 0.2) is 11.9 Å². The number of guanidine groups is 2. The third kappa shape index (κ3) is 16.9. The Balaban J connectivity index is 5.69. The topological polar surface area (TPSA) is 318 Å². The maximum atomic E-state index is 13.2. The van der Waals surface area contributed by atoms with Gasteiger partial charge >= 0.3 is 5.97 Å². The fourth-order valence-corrected chi connectivity index (χ4v) is 3.83. The van der Waals surface area contributed by atoms with Crippen LogP contribution in [0.2, 0.25) is 0 Å². The highest BCUT2D eigenvalue weighted by Gasteiger charge is 2.30. The molecule has 0 aliphatic rings. The largest absolute Gasteiger partial charge is 0.480 e. The minimum Gasteiger partial charge on any atom is -0.480 e. The van der Waals surface area contributed by atoms with Crippen LogP contribution >= 0.6 is 11.8 Å². The van der Waals surface area contributed by atoms with E-state index in [0.717, 1.165) is 0 Å². The fourth-order valence-electron chi connectivity index (χ4n) is 3.34. The molecule has 0 aromatic heterocycles. The van der Waals surface area contributed by atoms with Crippen molar-refractivity contribution >= 4 is 53.3 Å². The predicted molar refractivity (Wildman–Crippen MR) is 151 cm³/mol. The number of primary amides is 1. The summed E-state index contributed by atoms with van der Waals surface area (Å²) in [6.45, 7) is 0.439. The highest BCUT2D eigenvalue weighted by Crippen LogP contribution is 2.06. The Labute approximate surface area is 237 Å². The third-order valence-electron chi connectivity index (χ3n) is 5.50. The summed E-state index contributed by atoms with van der Waals surface area (Å²) in [5.41, 5.74) is 21.6. The van der Waals surface area contributed by atoms with Crippen molar-refractivity contribution in [2.24, 2.45) is 22.9 Å². The molecule has 0 aliphatic carbocycles. The normalized spacial score (nSPS) is 13.6. The Morgan fingerprint density at radius 3 is 1.60 bits per heavy atom. The molecule has 0 bridgehead atoms. The molecule has 0 radical (unpaired) electrons. The monoisotopic (exact) mass is 589 g/mol. The Morgan fingerprint density at radius 2 is 1.20 bits per heavy atom. The van der Waals surface area contributed by atoms with Gasteiger partial charge in [-0.15, -0.1) is 0 Å². The third-order valence-corrected chi connectivity index (χ3v) is 6.14. The van der Waals surface area contributed by atoms with Crippen molar-refractivity contribution in [3.05, 3.63) is 0 Å². The van der Waals surface area contributed by atoms with Crippen molar-refractivity contribution in [2.75, 3.05) is 25.1 Å². The molecule has 17 nitrogen and oxygen atoms in total. The van der Waals surface area contributed by atoms with Crippen molar-refractivity contribution in [1.82, 2.24) is 26.6 Å². The first-order valence-electron chi connectivity index (χ1n) is 12.6. The number of hydrogen-bond acceptors (Lipinski definition) is 9. The minimum absolute atomic E-state index is 0.0276. The van der Waals surface area contributed by atoms with Crippen LogP contribution in [0.15, 0.2) is 0 Å². The van der Waals surface area contributed by atoms with Crippen LogP contribution in [-0.2, 0) is 24.0 Å². The zero-order valence-electron chi connectivity index (χ0n) is 22.6. The van der Waals surface area contributed by atoms with E-state index in [1.165, 1.54) is 11.8 Å². The van der Waals surface area contributed by atoms with E-state index < -0.39 is 53.8 Å². The van der Waals surface area contributed by atoms with Gasteiger partial charge in [0.25, 0.3) is 0 Å². The van der Waals surface area contributed by atoms with Crippen molar-refractivity contribution in [1.29, 1.82) is 10.8 Å². The molecular formula is C22H43N11O6S. The van der Waals surface area contributed by atoms with Gasteiger partial charge in [-0.25, -0.2) is 4.79 Å². The standard InChI is InChI=1S/C22H43N11O6S/c1-40-11-8-12(23)17(35)31-13(4-2-9-29-21(25)26)18(36)32-14(5-3-10-30-22(27)28)19(37)33-15(20(38)39)6-7-16(24)34/h12-15H,2-11,23H2,1H3,(H2,24,34)(H,31,35)(H,32,36)(H,33,37)(H,38,39)(H4,25,26,29)(H4,27,28,30)/t12-,13-,14-,15-/m0/s1. The lowest BCUT2D eigenvalue weighted by Gasteiger charge is -2.25. The fraction of sp³-hybridized carbons (Fsp3) is 0.682. The number of thioether (sulfide) groups is 1. The average molecular weight is 590 g/mol. The zero-order chi connectivity index (χ0) is 30.7. The van der Waals surface area contributed by atoms with Crippen LogP contribution in [0.5, 0.6) is 0 Å². The van der Waals surface area contributed by atoms with E-state index in [1.807, 2.05) is 6.26 Å². The summed E-state index contributed by atoms with van der Waals surface area (Å²) in [5, 5.41) is 36.6. The Bertz CT molecular complexity index is 891. The highest BCUT2D eigenvalue weighted by molar-refractivity contribution is 7.98. The number of nitrogens with one attached hydrogen (secondary N) is 7. The lowest BCUT2D eigenvalue weighted by atomic mass is 10.1. The SMILES string of the molecule is CSCC[C@H](N)C(=O)N[C@@H](CCCNC(=N)N)C(=O)N[C@@H](CCCNC(=N)N)C(=O)N[C@@H](CCC(N)=O)C(=O)O. The molecule has 18 heteroatoms. The molecule has 0 aliphatic heterocycles. The molecule has 0 unspecified atom stereocenters. The van der Waals surface area contributed by atoms with Crippen molar-refractivity contribution in [3.63, 3.8) is 0 Å². The molecule has 0 spiro atoms. The summed E-state index contributed by atoms with van der Waals surface area (Å²) in [4.78, 5) is 61.6. The van der Waals surface area contributed by atoms with Crippen LogP contribution in [0, 0.1) is 10.8 Å². The number of amides is 4. The lowest BCUT2D eigenvalue weighted by Crippen LogP contribution is -2.57. The van der Waals surface area contributed by atoms with Crippen LogP contribution in [-0.4, -0.2) is 95.9 Å². The Kier molecular flexibility index (Phi) is 18.2. The van der Waals surface area contributed by atoms with Crippen LogP contribution in [0.3, 0.4) is 0 Å². The molecule has 4 amide bonds. The second-order valence-corrected chi connectivity index (χ2v) is 9.87. The van der Waals surface area contributed by atoms with Gasteiger partial charge in [0.1, 0.15) is 18.1 Å². The van der Waals surface area contributed by atoms with Gasteiger partial charge < -0.3 is 54.6 Å². The van der Waals surface area contributed by atoms with Crippen LogP contribution in [0.4, 0.5) is 0 Å². The summed E-state index contributed by atoms with van der Waals surface area (Å²) >= 11 is 1.51. The van der Waals surface area contributed by atoms with Gasteiger partial charge in [0.2, 0.25) is 23.6 Å². The molecule has 0 fully saturated rings. The predicted octanol–water partition coefficient (Wildman–Crippen LogP) is -3.60. The average Bonchev–Trinajstić information content (AvgIpc) is 2.87. The van der Waals surface area contributed by atoms with E-state index in [-0.39, 0.29) is 57.1 Å². The Morgan fingerprint density at radius 1 is 0.750 bits per heavy atom. The van der Waals surface area contributed by atoms with Gasteiger partial charge in [-0.2, -0.15) is 11.8 Å². The number of carbonyl (C=O) groups is 5. The Hall–Kier alpha value is -3.80. The van der Waals surface area contributed by atoms with Crippen molar-refractivity contribution in [2.45, 2.75) is 69.1 Å². The second-order valence-electron chi connectivity index (χ2n) is 8.88. The summed E-state index contributed by atoms with van der Waals surface area (Å²) in [7, 11) is 0. The van der Waals surface area contributed by atoms with E-state index in [9.17, 15) is 29.1 Å². The maximum absolute atomic E-state index is 13.2.